The van der Waals surface area contributed by atoms with Gasteiger partial charge in [-0.3, -0.25) is 0 Å². The number of aryl methyl sites for hydroxylation is 1. The molecule has 2 nitrogen and oxygen atoms in total. The first-order valence-corrected chi connectivity index (χ1v) is 6.67. The van der Waals surface area contributed by atoms with E-state index >= 15 is 0 Å². The third-order valence-electron chi connectivity index (χ3n) is 2.76. The Morgan fingerprint density at radius 2 is 1.83 bits per heavy atom. The Labute approximate surface area is 110 Å². The molecule has 1 heterocycles. The van der Waals surface area contributed by atoms with Crippen LogP contribution in [0.2, 0.25) is 0 Å². The SMILES string of the molecule is Cc1ccc(COc2nc3ccccc3s2)cc1. The van der Waals surface area contributed by atoms with Crippen molar-refractivity contribution >= 4 is 21.6 Å². The van der Waals surface area contributed by atoms with Gasteiger partial charge in [0.25, 0.3) is 5.19 Å². The van der Waals surface area contributed by atoms with Crippen molar-refractivity contribution in [1.29, 1.82) is 0 Å². The Hall–Kier alpha value is -1.87. The van der Waals surface area contributed by atoms with E-state index in [0.717, 1.165) is 15.4 Å². The predicted molar refractivity (Wildman–Crippen MR) is 75.1 cm³/mol. The van der Waals surface area contributed by atoms with Crippen LogP contribution in [0.4, 0.5) is 0 Å². The van der Waals surface area contributed by atoms with E-state index in [1.807, 2.05) is 18.2 Å². The Bertz CT molecular complexity index is 625. The largest absolute Gasteiger partial charge is 0.465 e. The van der Waals surface area contributed by atoms with E-state index in [0.29, 0.717) is 6.61 Å². The molecule has 0 atom stereocenters. The normalized spacial score (nSPS) is 10.7. The van der Waals surface area contributed by atoms with E-state index in [1.54, 1.807) is 11.3 Å². The molecular formula is C15H13NOS. The van der Waals surface area contributed by atoms with Gasteiger partial charge in [-0.25, -0.2) is 4.98 Å². The first kappa shape index (κ1) is 11.2. The average Bonchev–Trinajstić information content (AvgIpc) is 2.81. The number of nitrogens with zero attached hydrogens (tertiary/aromatic N) is 1. The molecule has 90 valence electrons. The molecule has 0 aliphatic rings. The minimum absolute atomic E-state index is 0.570. The number of thiazole rings is 1. The van der Waals surface area contributed by atoms with Crippen LogP contribution in [-0.4, -0.2) is 4.98 Å². The lowest BCUT2D eigenvalue weighted by molar-refractivity contribution is 0.305. The van der Waals surface area contributed by atoms with Gasteiger partial charge in [0, 0.05) is 0 Å². The highest BCUT2D eigenvalue weighted by Gasteiger charge is 2.03. The molecule has 0 aliphatic heterocycles. The van der Waals surface area contributed by atoms with Crippen molar-refractivity contribution in [3.8, 4) is 5.19 Å². The Morgan fingerprint density at radius 1 is 1.06 bits per heavy atom. The van der Waals surface area contributed by atoms with Crippen LogP contribution in [0, 0.1) is 6.92 Å². The summed E-state index contributed by atoms with van der Waals surface area (Å²) >= 11 is 1.59. The maximum atomic E-state index is 5.72. The molecule has 18 heavy (non-hydrogen) atoms. The topological polar surface area (TPSA) is 22.1 Å². The van der Waals surface area contributed by atoms with Gasteiger partial charge in [-0.2, -0.15) is 0 Å². The van der Waals surface area contributed by atoms with Crippen molar-refractivity contribution in [2.45, 2.75) is 13.5 Å². The molecule has 3 heteroatoms. The molecule has 0 spiro atoms. The van der Waals surface area contributed by atoms with Crippen molar-refractivity contribution in [2.75, 3.05) is 0 Å². The second-order valence-electron chi connectivity index (χ2n) is 4.22. The van der Waals surface area contributed by atoms with E-state index in [4.69, 9.17) is 4.74 Å². The lowest BCUT2D eigenvalue weighted by atomic mass is 10.2. The van der Waals surface area contributed by atoms with Gasteiger partial charge in [0.2, 0.25) is 0 Å². The molecule has 0 saturated carbocycles. The number of fused-ring (bicyclic) bond motifs is 1. The van der Waals surface area contributed by atoms with Gasteiger partial charge >= 0.3 is 0 Å². The molecule has 3 rings (SSSR count). The summed E-state index contributed by atoms with van der Waals surface area (Å²) < 4.78 is 6.89. The Kier molecular flexibility index (Phi) is 2.99. The summed E-state index contributed by atoms with van der Waals surface area (Å²) in [5, 5.41) is 0.733. The summed E-state index contributed by atoms with van der Waals surface area (Å²) in [7, 11) is 0. The molecule has 0 amide bonds. The van der Waals surface area contributed by atoms with Crippen molar-refractivity contribution in [3.05, 3.63) is 59.7 Å². The number of benzene rings is 2. The van der Waals surface area contributed by atoms with Gasteiger partial charge in [-0.05, 0) is 24.6 Å². The summed E-state index contributed by atoms with van der Waals surface area (Å²) in [5.41, 5.74) is 3.43. The van der Waals surface area contributed by atoms with E-state index in [9.17, 15) is 0 Å². The first-order chi connectivity index (χ1) is 8.81. The third kappa shape index (κ3) is 2.36. The molecule has 0 aliphatic carbocycles. The zero-order valence-electron chi connectivity index (χ0n) is 10.1. The second-order valence-corrected chi connectivity index (χ2v) is 5.21. The highest BCUT2D eigenvalue weighted by Crippen LogP contribution is 2.27. The van der Waals surface area contributed by atoms with Gasteiger partial charge in [-0.1, -0.05) is 53.3 Å². The van der Waals surface area contributed by atoms with Gasteiger partial charge in [-0.15, -0.1) is 0 Å². The quantitative estimate of drug-likeness (QED) is 0.700. The fraction of sp³-hybridized carbons (Fsp3) is 0.133. The van der Waals surface area contributed by atoms with E-state index in [1.165, 1.54) is 11.1 Å². The van der Waals surface area contributed by atoms with Crippen LogP contribution >= 0.6 is 11.3 Å². The highest BCUT2D eigenvalue weighted by molar-refractivity contribution is 7.20. The third-order valence-corrected chi connectivity index (χ3v) is 3.71. The molecular weight excluding hydrogens is 242 g/mol. The van der Waals surface area contributed by atoms with Crippen molar-refractivity contribution in [1.82, 2.24) is 4.98 Å². The van der Waals surface area contributed by atoms with Crippen LogP contribution in [0.25, 0.3) is 10.2 Å². The molecule has 0 N–H and O–H groups in total. The molecule has 0 unspecified atom stereocenters. The molecule has 0 fully saturated rings. The number of para-hydroxylation sites is 1. The Balaban J connectivity index is 1.74. The van der Waals surface area contributed by atoms with Crippen LogP contribution < -0.4 is 4.74 Å². The number of ether oxygens (including phenoxy) is 1. The number of hydrogen-bond acceptors (Lipinski definition) is 3. The smallest absolute Gasteiger partial charge is 0.274 e. The van der Waals surface area contributed by atoms with Gasteiger partial charge in [0.05, 0.1) is 10.2 Å². The van der Waals surface area contributed by atoms with Crippen LogP contribution in [0.5, 0.6) is 5.19 Å². The monoisotopic (exact) mass is 255 g/mol. The summed E-state index contributed by atoms with van der Waals surface area (Å²) in [6.45, 7) is 2.65. The van der Waals surface area contributed by atoms with Crippen molar-refractivity contribution < 1.29 is 4.74 Å². The van der Waals surface area contributed by atoms with Crippen LogP contribution in [-0.2, 0) is 6.61 Å². The number of aromatic nitrogens is 1. The van der Waals surface area contributed by atoms with Gasteiger partial charge in [0.15, 0.2) is 0 Å². The average molecular weight is 255 g/mol. The van der Waals surface area contributed by atoms with E-state index in [2.05, 4.69) is 42.2 Å². The van der Waals surface area contributed by atoms with Crippen LogP contribution in [0.1, 0.15) is 11.1 Å². The summed E-state index contributed by atoms with van der Waals surface area (Å²) in [6.07, 6.45) is 0. The molecule has 0 saturated heterocycles. The molecule has 1 aromatic heterocycles. The molecule has 0 radical (unpaired) electrons. The lowest BCUT2D eigenvalue weighted by Gasteiger charge is -2.02. The van der Waals surface area contributed by atoms with Crippen molar-refractivity contribution in [2.24, 2.45) is 0 Å². The fourth-order valence-electron chi connectivity index (χ4n) is 1.74. The summed E-state index contributed by atoms with van der Waals surface area (Å²) in [6, 6.07) is 16.4. The zero-order valence-corrected chi connectivity index (χ0v) is 10.9. The van der Waals surface area contributed by atoms with Crippen LogP contribution in [0.15, 0.2) is 48.5 Å². The second kappa shape index (κ2) is 4.78. The number of rotatable bonds is 3. The lowest BCUT2D eigenvalue weighted by Crippen LogP contribution is -1.94. The Morgan fingerprint density at radius 3 is 2.61 bits per heavy atom. The van der Waals surface area contributed by atoms with E-state index < -0.39 is 0 Å². The standard InChI is InChI=1S/C15H13NOS/c1-11-6-8-12(9-7-11)10-17-15-16-13-4-2-3-5-14(13)18-15/h2-9H,10H2,1H3. The minimum atomic E-state index is 0.570. The van der Waals surface area contributed by atoms with Crippen LogP contribution in [0.3, 0.4) is 0 Å². The molecule has 0 bridgehead atoms. The van der Waals surface area contributed by atoms with Gasteiger partial charge in [0.1, 0.15) is 6.61 Å². The molecule has 3 aromatic rings. The molecule has 2 aromatic carbocycles. The van der Waals surface area contributed by atoms with Gasteiger partial charge < -0.3 is 4.74 Å². The predicted octanol–water partition coefficient (Wildman–Crippen LogP) is 4.18. The maximum absolute atomic E-state index is 5.72. The van der Waals surface area contributed by atoms with E-state index in [-0.39, 0.29) is 0 Å². The minimum Gasteiger partial charge on any atom is -0.465 e. The summed E-state index contributed by atoms with van der Waals surface area (Å²) in [4.78, 5) is 4.44. The zero-order chi connectivity index (χ0) is 12.4. The number of hydrogen-bond donors (Lipinski definition) is 0. The summed E-state index contributed by atoms with van der Waals surface area (Å²) in [5.74, 6) is 0. The maximum Gasteiger partial charge on any atom is 0.274 e. The highest BCUT2D eigenvalue weighted by atomic mass is 32.1. The van der Waals surface area contributed by atoms with Crippen molar-refractivity contribution in [3.63, 3.8) is 0 Å². The first-order valence-electron chi connectivity index (χ1n) is 5.85. The fourth-order valence-corrected chi connectivity index (χ4v) is 2.56.